The molecule has 4 rings (SSSR count). The fraction of sp³-hybridized carbons (Fsp3) is 0.478. The fourth-order valence-corrected chi connectivity index (χ4v) is 4.33. The van der Waals surface area contributed by atoms with Crippen molar-refractivity contribution in [1.82, 2.24) is 14.2 Å². The van der Waals surface area contributed by atoms with E-state index in [1.165, 1.54) is 6.07 Å². The van der Waals surface area contributed by atoms with Crippen LogP contribution in [-0.2, 0) is 0 Å². The molecule has 1 saturated carbocycles. The maximum atomic E-state index is 14.5. The molecule has 8 heteroatoms. The number of rotatable bonds is 7. The summed E-state index contributed by atoms with van der Waals surface area (Å²) in [5.41, 5.74) is 3.14. The minimum Gasteiger partial charge on any atom is -0.432 e. The van der Waals surface area contributed by atoms with Crippen LogP contribution in [0.3, 0.4) is 0 Å². The number of ether oxygens (including phenoxy) is 1. The molecule has 166 valence electrons. The Morgan fingerprint density at radius 1 is 1.16 bits per heavy atom. The zero-order valence-corrected chi connectivity index (χ0v) is 18.1. The number of nitrogens with zero attached hydrogens (tertiary/aromatic N) is 3. The second-order valence-corrected chi connectivity index (χ2v) is 8.22. The average Bonchev–Trinajstić information content (AvgIpc) is 3.49. The van der Waals surface area contributed by atoms with Crippen molar-refractivity contribution >= 4 is 5.52 Å². The molecule has 0 atom stereocenters. The quantitative estimate of drug-likeness (QED) is 0.476. The summed E-state index contributed by atoms with van der Waals surface area (Å²) >= 11 is 0. The van der Waals surface area contributed by atoms with Gasteiger partial charge in [-0.15, -0.1) is 5.10 Å². The van der Waals surface area contributed by atoms with Crippen molar-refractivity contribution < 1.29 is 17.9 Å². The summed E-state index contributed by atoms with van der Waals surface area (Å²) < 4.78 is 47.3. The smallest absolute Gasteiger partial charge is 0.387 e. The molecule has 1 fully saturated rings. The highest BCUT2D eigenvalue weighted by Gasteiger charge is 2.31. The summed E-state index contributed by atoms with van der Waals surface area (Å²) in [5, 5.41) is 4.76. The molecule has 1 aromatic carbocycles. The van der Waals surface area contributed by atoms with Gasteiger partial charge in [0.05, 0.1) is 0 Å². The van der Waals surface area contributed by atoms with Gasteiger partial charge in [0.15, 0.2) is 17.4 Å². The monoisotopic (exact) mass is 433 g/mol. The van der Waals surface area contributed by atoms with Crippen LogP contribution in [-0.4, -0.2) is 20.8 Å². The van der Waals surface area contributed by atoms with Crippen molar-refractivity contribution in [1.29, 1.82) is 0 Å². The molecule has 0 spiro atoms. The summed E-state index contributed by atoms with van der Waals surface area (Å²) in [5.74, 6) is -0.846. The van der Waals surface area contributed by atoms with E-state index >= 15 is 0 Å². The van der Waals surface area contributed by atoms with Gasteiger partial charge in [0.25, 0.3) is 5.56 Å². The van der Waals surface area contributed by atoms with E-state index in [4.69, 9.17) is 5.10 Å². The van der Waals surface area contributed by atoms with Gasteiger partial charge in [0.2, 0.25) is 0 Å². The summed E-state index contributed by atoms with van der Waals surface area (Å²) in [7, 11) is 0. The van der Waals surface area contributed by atoms with E-state index < -0.39 is 18.2 Å². The lowest BCUT2D eigenvalue weighted by molar-refractivity contribution is -0.0522. The third kappa shape index (κ3) is 3.72. The minimum atomic E-state index is -3.12. The number of aryl methyl sites for hydroxylation is 2. The highest BCUT2D eigenvalue weighted by atomic mass is 19.3. The summed E-state index contributed by atoms with van der Waals surface area (Å²) in [4.78, 5) is 13.7. The topological polar surface area (TPSA) is 48.5 Å². The first kappa shape index (κ1) is 21.5. The van der Waals surface area contributed by atoms with Crippen LogP contribution in [0.1, 0.15) is 68.3 Å². The molecule has 2 aromatic heterocycles. The van der Waals surface area contributed by atoms with Crippen molar-refractivity contribution in [3.05, 3.63) is 51.2 Å². The lowest BCUT2D eigenvalue weighted by Gasteiger charge is -2.17. The number of hydrogen-bond acceptors (Lipinski definition) is 3. The first-order valence-electron chi connectivity index (χ1n) is 10.7. The van der Waals surface area contributed by atoms with E-state index in [0.29, 0.717) is 22.5 Å². The Morgan fingerprint density at radius 2 is 1.84 bits per heavy atom. The molecule has 0 radical (unpaired) electrons. The highest BCUT2D eigenvalue weighted by Crippen LogP contribution is 2.39. The number of alkyl halides is 2. The second kappa shape index (κ2) is 8.05. The SMILES string of the molecule is CCC(CC)c1cc(C)n2nc(-c3cc(F)c(OC(F)F)cc3C)n(C3CC3)c(=O)c12. The maximum Gasteiger partial charge on any atom is 0.387 e. The Bertz CT molecular complexity index is 1190. The van der Waals surface area contributed by atoms with E-state index in [9.17, 15) is 18.0 Å². The van der Waals surface area contributed by atoms with Crippen LogP contribution in [0.25, 0.3) is 16.9 Å². The van der Waals surface area contributed by atoms with Gasteiger partial charge in [-0.3, -0.25) is 9.36 Å². The molecular weight excluding hydrogens is 407 g/mol. The fourth-order valence-electron chi connectivity index (χ4n) is 4.33. The predicted octanol–water partition coefficient (Wildman–Crippen LogP) is 5.76. The second-order valence-electron chi connectivity index (χ2n) is 8.22. The third-order valence-electron chi connectivity index (χ3n) is 6.10. The predicted molar refractivity (Wildman–Crippen MR) is 113 cm³/mol. The van der Waals surface area contributed by atoms with Gasteiger partial charge in [-0.05, 0) is 74.8 Å². The minimum absolute atomic E-state index is 0.00390. The Morgan fingerprint density at radius 3 is 2.42 bits per heavy atom. The van der Waals surface area contributed by atoms with Crippen molar-refractivity contribution in [3.8, 4) is 17.1 Å². The molecule has 2 heterocycles. The van der Waals surface area contributed by atoms with E-state index in [0.717, 1.165) is 43.0 Å². The molecule has 0 saturated heterocycles. The van der Waals surface area contributed by atoms with Crippen LogP contribution in [0.5, 0.6) is 5.75 Å². The molecule has 0 aliphatic heterocycles. The zero-order chi connectivity index (χ0) is 22.4. The summed E-state index contributed by atoms with van der Waals surface area (Å²) in [6.45, 7) is 4.64. The van der Waals surface area contributed by atoms with Crippen LogP contribution < -0.4 is 10.3 Å². The molecule has 31 heavy (non-hydrogen) atoms. The first-order chi connectivity index (χ1) is 14.8. The standard InChI is InChI=1S/C23H26F3N3O2/c1-5-14(6-2)17-10-13(4)29-20(17)22(30)28(15-7-8-15)21(27-29)16-11-18(24)19(9-12(16)3)31-23(25)26/h9-11,14-15,23H,5-8H2,1-4H3. The van der Waals surface area contributed by atoms with Gasteiger partial charge < -0.3 is 4.74 Å². The number of halogens is 3. The lowest BCUT2D eigenvalue weighted by atomic mass is 9.95. The first-order valence-corrected chi connectivity index (χ1v) is 10.7. The van der Waals surface area contributed by atoms with Gasteiger partial charge in [0.1, 0.15) is 5.52 Å². The van der Waals surface area contributed by atoms with Crippen molar-refractivity contribution in [2.75, 3.05) is 0 Å². The number of aromatic nitrogens is 3. The van der Waals surface area contributed by atoms with E-state index in [-0.39, 0.29) is 17.5 Å². The largest absolute Gasteiger partial charge is 0.432 e. The van der Waals surface area contributed by atoms with Gasteiger partial charge >= 0.3 is 6.61 Å². The van der Waals surface area contributed by atoms with Gasteiger partial charge in [-0.2, -0.15) is 8.78 Å². The Balaban J connectivity index is 1.98. The van der Waals surface area contributed by atoms with Gasteiger partial charge in [-0.1, -0.05) is 13.8 Å². The lowest BCUT2D eigenvalue weighted by Crippen LogP contribution is -2.26. The van der Waals surface area contributed by atoms with Crippen molar-refractivity contribution in [2.24, 2.45) is 0 Å². The molecule has 1 aliphatic carbocycles. The molecular formula is C23H26F3N3O2. The Labute approximate surface area is 178 Å². The zero-order valence-electron chi connectivity index (χ0n) is 18.1. The van der Waals surface area contributed by atoms with Gasteiger partial charge in [0, 0.05) is 17.3 Å². The van der Waals surface area contributed by atoms with Crippen LogP contribution >= 0.6 is 0 Å². The number of hydrogen-bond donors (Lipinski definition) is 0. The van der Waals surface area contributed by atoms with E-state index in [1.807, 2.05) is 13.0 Å². The Hall–Kier alpha value is -2.77. The summed E-state index contributed by atoms with van der Waals surface area (Å²) in [6.07, 6.45) is 3.52. The molecule has 0 N–H and O–H groups in total. The third-order valence-corrected chi connectivity index (χ3v) is 6.10. The van der Waals surface area contributed by atoms with Crippen LogP contribution in [0.4, 0.5) is 13.2 Å². The van der Waals surface area contributed by atoms with Crippen LogP contribution in [0.2, 0.25) is 0 Å². The van der Waals surface area contributed by atoms with Crippen LogP contribution in [0, 0.1) is 19.7 Å². The average molecular weight is 433 g/mol. The van der Waals surface area contributed by atoms with Crippen molar-refractivity contribution in [2.45, 2.75) is 71.9 Å². The molecule has 0 bridgehead atoms. The summed E-state index contributed by atoms with van der Waals surface area (Å²) in [6, 6.07) is 4.36. The highest BCUT2D eigenvalue weighted by molar-refractivity contribution is 5.65. The van der Waals surface area contributed by atoms with Gasteiger partial charge in [-0.25, -0.2) is 8.91 Å². The van der Waals surface area contributed by atoms with E-state index in [2.05, 4.69) is 18.6 Å². The molecule has 1 aliphatic rings. The normalized spacial score (nSPS) is 14.2. The number of fused-ring (bicyclic) bond motifs is 1. The number of benzene rings is 1. The molecule has 5 nitrogen and oxygen atoms in total. The molecule has 3 aromatic rings. The van der Waals surface area contributed by atoms with Crippen LogP contribution in [0.15, 0.2) is 23.0 Å². The van der Waals surface area contributed by atoms with Crippen molar-refractivity contribution in [3.63, 3.8) is 0 Å². The maximum absolute atomic E-state index is 14.5. The Kier molecular flexibility index (Phi) is 5.58. The molecule has 0 amide bonds. The van der Waals surface area contributed by atoms with E-state index in [1.54, 1.807) is 16.0 Å². The molecule has 0 unspecified atom stereocenters.